The van der Waals surface area contributed by atoms with Crippen LogP contribution in [0.5, 0.6) is 0 Å². The summed E-state index contributed by atoms with van der Waals surface area (Å²) in [4.78, 5) is 21.1. The summed E-state index contributed by atoms with van der Waals surface area (Å²) in [5.74, 6) is -2.31. The Bertz CT molecular complexity index is 812. The van der Waals surface area contributed by atoms with E-state index in [1.165, 1.54) is 29.2 Å². The van der Waals surface area contributed by atoms with Crippen molar-refractivity contribution in [1.29, 1.82) is 0 Å². The average molecular weight is 430 g/mol. The third-order valence-corrected chi connectivity index (χ3v) is 6.16. The van der Waals surface area contributed by atoms with E-state index in [-0.39, 0.29) is 10.6 Å². The fraction of sp³-hybridized carbons (Fsp3) is 0.176. The Morgan fingerprint density at radius 2 is 1.92 bits per heavy atom. The summed E-state index contributed by atoms with van der Waals surface area (Å²) >= 11 is 10.5. The van der Waals surface area contributed by atoms with E-state index in [0.717, 1.165) is 0 Å². The molecule has 1 aromatic carbocycles. The van der Waals surface area contributed by atoms with Crippen molar-refractivity contribution >= 4 is 60.9 Å². The van der Waals surface area contributed by atoms with Crippen molar-refractivity contribution < 1.29 is 19.8 Å². The van der Waals surface area contributed by atoms with E-state index in [2.05, 4.69) is 51.6 Å². The topological polar surface area (TPSA) is 74.6 Å². The molecule has 2 aromatic rings. The number of halogens is 2. The number of allylic oxidation sites excluding steroid dienone is 2. The molecule has 0 amide bonds. The fourth-order valence-corrected chi connectivity index (χ4v) is 3.98. The normalized spacial score (nSPS) is 22.9. The molecular formula is C17H14BrClO4S. The summed E-state index contributed by atoms with van der Waals surface area (Å²) < 4.78 is 1.37. The number of hydrogen-bond acceptors (Lipinski definition) is 3. The highest BCUT2D eigenvalue weighted by molar-refractivity contribution is 9.09. The lowest BCUT2D eigenvalue weighted by atomic mass is 9.80. The highest BCUT2D eigenvalue weighted by Crippen LogP contribution is 2.40. The maximum absolute atomic E-state index is 11.0. The van der Waals surface area contributed by atoms with E-state index in [1.54, 1.807) is 11.3 Å². The summed E-state index contributed by atoms with van der Waals surface area (Å²) in [6.45, 7) is 1.41. The highest BCUT2D eigenvalue weighted by atomic mass is 79.9. The van der Waals surface area contributed by atoms with Gasteiger partial charge in [0, 0.05) is 9.73 Å². The second-order valence-electron chi connectivity index (χ2n) is 5.34. The quantitative estimate of drug-likeness (QED) is 0.667. The van der Waals surface area contributed by atoms with E-state index in [9.17, 15) is 9.59 Å². The number of carbonyl (C=O) groups is 2. The fourth-order valence-electron chi connectivity index (χ4n) is 2.19. The van der Waals surface area contributed by atoms with Crippen molar-refractivity contribution in [3.63, 3.8) is 0 Å². The van der Waals surface area contributed by atoms with Crippen LogP contribution in [0, 0.1) is 5.41 Å². The lowest BCUT2D eigenvalue weighted by molar-refractivity contribution is -0.145. The number of carboxylic acids is 2. The average Bonchev–Trinajstić information content (AvgIpc) is 2.99. The van der Waals surface area contributed by atoms with E-state index in [0.29, 0.717) is 0 Å². The number of benzene rings is 1. The molecule has 3 rings (SSSR count). The number of aliphatic carboxylic acids is 2. The first-order valence-corrected chi connectivity index (χ1v) is 9.06. The molecule has 0 radical (unpaired) electrons. The summed E-state index contributed by atoms with van der Waals surface area (Å²) in [5, 5.41) is 21.5. The minimum Gasteiger partial charge on any atom is -0.481 e. The molecule has 0 spiro atoms. The maximum atomic E-state index is 11.0. The first kappa shape index (κ1) is 18.7. The van der Waals surface area contributed by atoms with Gasteiger partial charge in [-0.2, -0.15) is 0 Å². The highest BCUT2D eigenvalue weighted by Gasteiger charge is 2.44. The van der Waals surface area contributed by atoms with E-state index in [1.807, 2.05) is 0 Å². The molecule has 1 heterocycles. The van der Waals surface area contributed by atoms with Gasteiger partial charge in [-0.25, -0.2) is 4.79 Å². The minimum absolute atomic E-state index is 0.0626. The van der Waals surface area contributed by atoms with Gasteiger partial charge < -0.3 is 10.2 Å². The molecule has 0 fully saturated rings. The zero-order valence-corrected chi connectivity index (χ0v) is 15.7. The van der Waals surface area contributed by atoms with Gasteiger partial charge in [-0.3, -0.25) is 4.79 Å². The molecule has 7 heteroatoms. The molecule has 24 heavy (non-hydrogen) atoms. The number of thiophene rings is 1. The molecular weight excluding hydrogens is 416 g/mol. The van der Waals surface area contributed by atoms with Crippen LogP contribution < -0.4 is 0 Å². The van der Waals surface area contributed by atoms with Crippen molar-refractivity contribution in [2.45, 2.75) is 11.8 Å². The third-order valence-electron chi connectivity index (χ3n) is 3.60. The van der Waals surface area contributed by atoms with E-state index in [4.69, 9.17) is 21.8 Å². The number of hydrogen-bond donors (Lipinski definition) is 2. The van der Waals surface area contributed by atoms with Gasteiger partial charge in [-0.05, 0) is 42.0 Å². The van der Waals surface area contributed by atoms with Gasteiger partial charge in [0.2, 0.25) is 0 Å². The lowest BCUT2D eigenvalue weighted by Gasteiger charge is -2.30. The summed E-state index contributed by atoms with van der Waals surface area (Å²) in [6, 6.07) is 10.5. The van der Waals surface area contributed by atoms with E-state index < -0.39 is 22.2 Å². The molecule has 1 aliphatic carbocycles. The molecule has 1 aromatic heterocycles. The van der Waals surface area contributed by atoms with Gasteiger partial charge in [0.05, 0.1) is 10.4 Å². The van der Waals surface area contributed by atoms with Crippen LogP contribution in [-0.2, 0) is 9.59 Å². The first-order valence-electron chi connectivity index (χ1n) is 6.88. The van der Waals surface area contributed by atoms with Crippen LogP contribution >= 0.6 is 38.9 Å². The second kappa shape index (κ2) is 7.51. The Morgan fingerprint density at radius 3 is 2.50 bits per heavy atom. The smallest absolute Gasteiger partial charge is 0.332 e. The second-order valence-corrected chi connectivity index (χ2v) is 7.64. The zero-order chi connectivity index (χ0) is 17.9. The van der Waals surface area contributed by atoms with Crippen LogP contribution in [-0.4, -0.2) is 27.0 Å². The zero-order valence-electron chi connectivity index (χ0n) is 12.6. The monoisotopic (exact) mass is 428 g/mol. The molecule has 1 aliphatic rings. The Labute approximate surface area is 156 Å². The largest absolute Gasteiger partial charge is 0.481 e. The standard InChI is InChI=1S/C9H8BrClO4.C8H6S/c1-9(8(14)15)3-4(11)2-5(6(9)10)7(12)13;1-2-4-8-7(3-1)5-6-9-8/h2-3,6H,1H3,(H,12,13)(H,14,15);1-6H. The summed E-state index contributed by atoms with van der Waals surface area (Å²) in [5.41, 5.74) is -1.41. The van der Waals surface area contributed by atoms with Crippen LogP contribution in [0.3, 0.4) is 0 Å². The molecule has 126 valence electrons. The molecule has 0 saturated heterocycles. The van der Waals surface area contributed by atoms with Crippen LogP contribution in [0.1, 0.15) is 6.92 Å². The molecule has 2 N–H and O–H groups in total. The van der Waals surface area contributed by atoms with Crippen LogP contribution in [0.15, 0.2) is 58.5 Å². The molecule has 4 nitrogen and oxygen atoms in total. The number of rotatable bonds is 2. The van der Waals surface area contributed by atoms with Gasteiger partial charge >= 0.3 is 11.9 Å². The minimum atomic E-state index is -1.35. The van der Waals surface area contributed by atoms with Crippen molar-refractivity contribution in [3.8, 4) is 0 Å². The molecule has 0 bridgehead atoms. The van der Waals surface area contributed by atoms with Gasteiger partial charge in [-0.1, -0.05) is 45.7 Å². The number of fused-ring (bicyclic) bond motifs is 1. The number of alkyl halides is 1. The van der Waals surface area contributed by atoms with E-state index >= 15 is 0 Å². The molecule has 2 unspecified atom stereocenters. The van der Waals surface area contributed by atoms with Crippen LogP contribution in [0.2, 0.25) is 0 Å². The molecule has 0 aliphatic heterocycles. The van der Waals surface area contributed by atoms with Gasteiger partial charge in [-0.15, -0.1) is 11.3 Å². The van der Waals surface area contributed by atoms with Crippen molar-refractivity contribution in [3.05, 3.63) is 58.5 Å². The van der Waals surface area contributed by atoms with Crippen molar-refractivity contribution in [1.82, 2.24) is 0 Å². The molecule has 2 atom stereocenters. The van der Waals surface area contributed by atoms with Gasteiger partial charge in [0.1, 0.15) is 5.41 Å². The molecule has 0 saturated carbocycles. The van der Waals surface area contributed by atoms with Gasteiger partial charge in [0.15, 0.2) is 0 Å². The Morgan fingerprint density at radius 1 is 1.25 bits per heavy atom. The summed E-state index contributed by atoms with van der Waals surface area (Å²) in [7, 11) is 0. The van der Waals surface area contributed by atoms with Gasteiger partial charge in [0.25, 0.3) is 0 Å². The third kappa shape index (κ3) is 3.88. The Hall–Kier alpha value is -1.63. The first-order chi connectivity index (χ1) is 11.3. The lowest BCUT2D eigenvalue weighted by Crippen LogP contribution is -2.39. The SMILES string of the molecule is CC1(C(=O)O)C=C(Cl)C=C(C(=O)O)C1Br.c1ccc2sccc2c1. The Kier molecular flexibility index (Phi) is 5.85. The van der Waals surface area contributed by atoms with Crippen molar-refractivity contribution in [2.24, 2.45) is 5.41 Å². The van der Waals surface area contributed by atoms with Crippen LogP contribution in [0.25, 0.3) is 10.1 Å². The summed E-state index contributed by atoms with van der Waals surface area (Å²) in [6.07, 6.45) is 2.57. The maximum Gasteiger partial charge on any atom is 0.332 e. The van der Waals surface area contributed by atoms with Crippen molar-refractivity contribution in [2.75, 3.05) is 0 Å². The number of carboxylic acid groups (broad SMARTS) is 2. The van der Waals surface area contributed by atoms with Crippen LogP contribution in [0.4, 0.5) is 0 Å². The predicted octanol–water partition coefficient (Wildman–Crippen LogP) is 4.89. The predicted molar refractivity (Wildman–Crippen MR) is 99.9 cm³/mol. The Balaban J connectivity index is 0.000000194.